The van der Waals surface area contributed by atoms with Gasteiger partial charge in [-0.1, -0.05) is 19.8 Å². The van der Waals surface area contributed by atoms with Crippen molar-refractivity contribution in [2.45, 2.75) is 51.5 Å². The molecule has 2 amide bonds. The molecular formula is C18H25N5O3. The molecule has 140 valence electrons. The molecule has 26 heavy (non-hydrogen) atoms. The number of H-pyrrole nitrogens is 1. The summed E-state index contributed by atoms with van der Waals surface area (Å²) in [6.07, 6.45) is 7.61. The molecule has 3 rings (SSSR count). The van der Waals surface area contributed by atoms with Crippen LogP contribution in [-0.4, -0.2) is 43.4 Å². The summed E-state index contributed by atoms with van der Waals surface area (Å²) in [5.41, 5.74) is 3.32. The normalized spacial score (nSPS) is 18.2. The Balaban J connectivity index is 1.80. The number of rotatable bonds is 7. The molecule has 0 aromatic carbocycles. The minimum atomic E-state index is -0.523. The number of pyridine rings is 1. The fraction of sp³-hybridized carbons (Fsp3) is 0.556. The number of aromatic nitrogens is 3. The largest absolute Gasteiger partial charge is 0.339 e. The van der Waals surface area contributed by atoms with E-state index in [9.17, 15) is 9.59 Å². The Kier molecular flexibility index (Phi) is 5.82. The van der Waals surface area contributed by atoms with Crippen molar-refractivity contribution in [3.05, 3.63) is 24.3 Å². The number of likely N-dealkylation sites (tertiary alicyclic amines) is 1. The number of hydroxylamine groups is 1. The molecule has 0 unspecified atom stereocenters. The van der Waals surface area contributed by atoms with Crippen LogP contribution in [0.2, 0.25) is 0 Å². The maximum atomic E-state index is 13.1. The van der Waals surface area contributed by atoms with Crippen LogP contribution in [-0.2, 0) is 9.59 Å². The SMILES string of the molecule is CCCC[C@H](CC(=O)NO)C(=O)N1CCC[C@H]1c1nc2ccncc2[nH]1. The lowest BCUT2D eigenvalue weighted by Gasteiger charge is -2.27. The molecule has 0 aliphatic carbocycles. The third-order valence-electron chi connectivity index (χ3n) is 4.97. The van der Waals surface area contributed by atoms with Crippen LogP contribution in [0.25, 0.3) is 11.0 Å². The second-order valence-electron chi connectivity index (χ2n) is 6.78. The average molecular weight is 359 g/mol. The summed E-state index contributed by atoms with van der Waals surface area (Å²) in [6, 6.07) is 1.72. The number of unbranched alkanes of at least 4 members (excludes halogenated alkanes) is 1. The van der Waals surface area contributed by atoms with Crippen molar-refractivity contribution >= 4 is 22.8 Å². The van der Waals surface area contributed by atoms with Gasteiger partial charge in [0.25, 0.3) is 0 Å². The average Bonchev–Trinajstić information content (AvgIpc) is 3.30. The van der Waals surface area contributed by atoms with Gasteiger partial charge < -0.3 is 9.88 Å². The summed E-state index contributed by atoms with van der Waals surface area (Å²) < 4.78 is 0. The van der Waals surface area contributed by atoms with Crippen LogP contribution in [0.5, 0.6) is 0 Å². The van der Waals surface area contributed by atoms with E-state index in [1.54, 1.807) is 17.9 Å². The highest BCUT2D eigenvalue weighted by atomic mass is 16.5. The van der Waals surface area contributed by atoms with Gasteiger partial charge in [0, 0.05) is 25.1 Å². The minimum Gasteiger partial charge on any atom is -0.339 e. The number of hydrogen-bond acceptors (Lipinski definition) is 5. The molecular weight excluding hydrogens is 334 g/mol. The summed E-state index contributed by atoms with van der Waals surface area (Å²) in [5.74, 6) is -0.221. The number of carbonyl (C=O) groups excluding carboxylic acids is 2. The molecule has 2 aromatic heterocycles. The van der Waals surface area contributed by atoms with E-state index >= 15 is 0 Å². The number of nitrogens with one attached hydrogen (secondary N) is 2. The first-order valence-electron chi connectivity index (χ1n) is 9.17. The highest BCUT2D eigenvalue weighted by Crippen LogP contribution is 2.33. The highest BCUT2D eigenvalue weighted by molar-refractivity contribution is 5.86. The molecule has 3 N–H and O–H groups in total. The number of aromatic amines is 1. The number of imidazole rings is 1. The lowest BCUT2D eigenvalue weighted by atomic mass is 9.96. The summed E-state index contributed by atoms with van der Waals surface area (Å²) in [6.45, 7) is 2.71. The molecule has 8 heteroatoms. The van der Waals surface area contributed by atoms with E-state index in [1.807, 2.05) is 11.0 Å². The van der Waals surface area contributed by atoms with Gasteiger partial charge in [0.2, 0.25) is 11.8 Å². The predicted octanol–water partition coefficient (Wildman–Crippen LogP) is 2.32. The van der Waals surface area contributed by atoms with Crippen LogP contribution in [0, 0.1) is 5.92 Å². The third-order valence-corrected chi connectivity index (χ3v) is 4.97. The molecule has 1 aliphatic rings. The lowest BCUT2D eigenvalue weighted by Crippen LogP contribution is -2.38. The highest BCUT2D eigenvalue weighted by Gasteiger charge is 2.36. The summed E-state index contributed by atoms with van der Waals surface area (Å²) >= 11 is 0. The van der Waals surface area contributed by atoms with Gasteiger partial charge in [-0.25, -0.2) is 10.5 Å². The Hall–Kier alpha value is -2.48. The molecule has 0 radical (unpaired) electrons. The number of hydrogen-bond donors (Lipinski definition) is 3. The van der Waals surface area contributed by atoms with Gasteiger partial charge in [0.15, 0.2) is 0 Å². The molecule has 0 spiro atoms. The Bertz CT molecular complexity index is 742. The van der Waals surface area contributed by atoms with Crippen LogP contribution in [0.4, 0.5) is 0 Å². The van der Waals surface area contributed by atoms with Crippen molar-refractivity contribution in [3.63, 3.8) is 0 Å². The fourth-order valence-electron chi connectivity index (χ4n) is 3.62. The first kappa shape index (κ1) is 18.3. The van der Waals surface area contributed by atoms with Crippen molar-refractivity contribution < 1.29 is 14.8 Å². The summed E-state index contributed by atoms with van der Waals surface area (Å²) in [7, 11) is 0. The van der Waals surface area contributed by atoms with E-state index in [4.69, 9.17) is 5.21 Å². The quantitative estimate of drug-likeness (QED) is 0.519. The van der Waals surface area contributed by atoms with E-state index in [0.717, 1.165) is 42.5 Å². The van der Waals surface area contributed by atoms with Crippen molar-refractivity contribution in [3.8, 4) is 0 Å². The zero-order valence-electron chi connectivity index (χ0n) is 14.9. The smallest absolute Gasteiger partial charge is 0.244 e. The summed E-state index contributed by atoms with van der Waals surface area (Å²) in [5, 5.41) is 8.82. The number of nitrogens with zero attached hydrogens (tertiary/aromatic N) is 3. The second kappa shape index (κ2) is 8.27. The number of fused-ring (bicyclic) bond motifs is 1. The number of carbonyl (C=O) groups is 2. The fourth-order valence-corrected chi connectivity index (χ4v) is 3.62. The van der Waals surface area contributed by atoms with Gasteiger partial charge in [0.1, 0.15) is 5.82 Å². The van der Waals surface area contributed by atoms with E-state index < -0.39 is 11.8 Å². The molecule has 3 heterocycles. The Morgan fingerprint density at radius 3 is 3.08 bits per heavy atom. The van der Waals surface area contributed by atoms with Crippen molar-refractivity contribution in [1.82, 2.24) is 25.3 Å². The monoisotopic (exact) mass is 359 g/mol. The lowest BCUT2D eigenvalue weighted by molar-refractivity contribution is -0.141. The van der Waals surface area contributed by atoms with Crippen molar-refractivity contribution in [1.29, 1.82) is 0 Å². The first-order valence-corrected chi connectivity index (χ1v) is 9.17. The first-order chi connectivity index (χ1) is 12.6. The van der Waals surface area contributed by atoms with Gasteiger partial charge in [0.05, 0.1) is 23.3 Å². The zero-order valence-corrected chi connectivity index (χ0v) is 14.9. The van der Waals surface area contributed by atoms with E-state index in [2.05, 4.69) is 21.9 Å². The van der Waals surface area contributed by atoms with E-state index in [-0.39, 0.29) is 18.4 Å². The standard InChI is InChI=1S/C18H25N5O3/c1-2-3-5-12(10-16(24)22-26)18(25)23-9-4-6-15(23)17-20-13-7-8-19-11-14(13)21-17/h7-8,11-12,15,26H,2-6,9-10H2,1H3,(H,20,21)(H,22,24)/t12-,15+/m1/s1. The van der Waals surface area contributed by atoms with Gasteiger partial charge in [-0.2, -0.15) is 0 Å². The van der Waals surface area contributed by atoms with Crippen molar-refractivity contribution in [2.24, 2.45) is 5.92 Å². The molecule has 0 saturated carbocycles. The molecule has 2 aromatic rings. The van der Waals surface area contributed by atoms with Crippen molar-refractivity contribution in [2.75, 3.05) is 6.54 Å². The third kappa shape index (κ3) is 3.85. The Morgan fingerprint density at radius 2 is 2.35 bits per heavy atom. The van der Waals surface area contributed by atoms with Gasteiger partial charge >= 0.3 is 0 Å². The van der Waals surface area contributed by atoms with Crippen LogP contribution in [0.3, 0.4) is 0 Å². The maximum Gasteiger partial charge on any atom is 0.244 e. The van der Waals surface area contributed by atoms with Crippen LogP contribution < -0.4 is 5.48 Å². The van der Waals surface area contributed by atoms with Crippen LogP contribution >= 0.6 is 0 Å². The van der Waals surface area contributed by atoms with E-state index in [1.165, 1.54) is 0 Å². The van der Waals surface area contributed by atoms with Gasteiger partial charge in [-0.05, 0) is 25.3 Å². The topological polar surface area (TPSA) is 111 Å². The zero-order chi connectivity index (χ0) is 18.5. The van der Waals surface area contributed by atoms with Crippen LogP contribution in [0.1, 0.15) is 57.3 Å². The Labute approximate surface area is 152 Å². The van der Waals surface area contributed by atoms with Gasteiger partial charge in [-0.3, -0.25) is 19.8 Å². The predicted molar refractivity (Wildman–Crippen MR) is 95.1 cm³/mol. The second-order valence-corrected chi connectivity index (χ2v) is 6.78. The number of amides is 2. The molecule has 1 saturated heterocycles. The molecule has 8 nitrogen and oxygen atoms in total. The maximum absolute atomic E-state index is 13.1. The molecule has 2 atom stereocenters. The molecule has 0 bridgehead atoms. The van der Waals surface area contributed by atoms with Crippen LogP contribution in [0.15, 0.2) is 18.5 Å². The summed E-state index contributed by atoms with van der Waals surface area (Å²) in [4.78, 5) is 38.5. The molecule has 1 aliphatic heterocycles. The van der Waals surface area contributed by atoms with E-state index in [0.29, 0.717) is 13.0 Å². The van der Waals surface area contributed by atoms with Gasteiger partial charge in [-0.15, -0.1) is 0 Å². The minimum absolute atomic E-state index is 0.00258. The molecule has 1 fully saturated rings. The Morgan fingerprint density at radius 1 is 1.50 bits per heavy atom.